The number of nitrogens with one attached hydrogen (secondary N) is 1. The number of benzene rings is 1. The Bertz CT molecular complexity index is 278. The molecule has 14 heavy (non-hydrogen) atoms. The standard InChI is InChI=1S/C11H16BrNS/c1-3-13-8-9(2)14-11-7-5-4-6-10(11)12/h4-7,9,13H,3,8H2,1-2H3. The maximum absolute atomic E-state index is 3.55. The van der Waals surface area contributed by atoms with Crippen molar-refractivity contribution in [2.45, 2.75) is 24.0 Å². The van der Waals surface area contributed by atoms with Gasteiger partial charge in [-0.2, -0.15) is 0 Å². The molecule has 0 bridgehead atoms. The summed E-state index contributed by atoms with van der Waals surface area (Å²) in [4.78, 5) is 1.32. The van der Waals surface area contributed by atoms with Crippen molar-refractivity contribution in [3.8, 4) is 0 Å². The summed E-state index contributed by atoms with van der Waals surface area (Å²) < 4.78 is 1.19. The summed E-state index contributed by atoms with van der Waals surface area (Å²) in [5, 5.41) is 3.96. The third kappa shape index (κ3) is 4.03. The van der Waals surface area contributed by atoms with Crippen LogP contribution < -0.4 is 5.32 Å². The van der Waals surface area contributed by atoms with Gasteiger partial charge in [-0.15, -0.1) is 11.8 Å². The molecule has 0 aliphatic rings. The summed E-state index contributed by atoms with van der Waals surface area (Å²) in [6, 6.07) is 8.36. The van der Waals surface area contributed by atoms with E-state index in [4.69, 9.17) is 0 Å². The topological polar surface area (TPSA) is 12.0 Å². The first kappa shape index (κ1) is 12.1. The van der Waals surface area contributed by atoms with Crippen LogP contribution in [0.4, 0.5) is 0 Å². The molecule has 1 aromatic rings. The average Bonchev–Trinajstić information content (AvgIpc) is 2.18. The molecule has 78 valence electrons. The Morgan fingerprint density at radius 1 is 1.43 bits per heavy atom. The molecule has 1 rings (SSSR count). The Labute approximate surface area is 98.8 Å². The van der Waals surface area contributed by atoms with E-state index in [9.17, 15) is 0 Å². The molecule has 1 aromatic carbocycles. The smallest absolute Gasteiger partial charge is 0.0311 e. The van der Waals surface area contributed by atoms with Crippen LogP contribution in [0, 0.1) is 0 Å². The fourth-order valence-corrected chi connectivity index (χ4v) is 2.68. The van der Waals surface area contributed by atoms with E-state index in [1.807, 2.05) is 17.8 Å². The third-order valence-corrected chi connectivity index (χ3v) is 3.98. The monoisotopic (exact) mass is 273 g/mol. The van der Waals surface area contributed by atoms with Crippen molar-refractivity contribution in [1.82, 2.24) is 5.32 Å². The van der Waals surface area contributed by atoms with Gasteiger partial charge in [-0.3, -0.25) is 0 Å². The molecule has 1 nitrogen and oxygen atoms in total. The predicted octanol–water partition coefficient (Wildman–Crippen LogP) is 3.54. The van der Waals surface area contributed by atoms with Gasteiger partial charge < -0.3 is 5.32 Å². The van der Waals surface area contributed by atoms with E-state index in [1.165, 1.54) is 9.37 Å². The number of rotatable bonds is 5. The Kier molecular flexibility index (Phi) is 5.60. The Morgan fingerprint density at radius 2 is 2.14 bits per heavy atom. The van der Waals surface area contributed by atoms with Gasteiger partial charge in [0.2, 0.25) is 0 Å². The molecule has 0 aliphatic heterocycles. The maximum atomic E-state index is 3.55. The summed E-state index contributed by atoms with van der Waals surface area (Å²) in [7, 11) is 0. The summed E-state index contributed by atoms with van der Waals surface area (Å²) in [6.07, 6.45) is 0. The van der Waals surface area contributed by atoms with Crippen molar-refractivity contribution >= 4 is 27.7 Å². The second-order valence-electron chi connectivity index (χ2n) is 3.17. The van der Waals surface area contributed by atoms with E-state index >= 15 is 0 Å². The van der Waals surface area contributed by atoms with Gasteiger partial charge in [0.1, 0.15) is 0 Å². The van der Waals surface area contributed by atoms with Crippen LogP contribution in [0.3, 0.4) is 0 Å². The summed E-state index contributed by atoms with van der Waals surface area (Å²) in [6.45, 7) is 6.48. The molecule has 0 aliphatic carbocycles. The quantitative estimate of drug-likeness (QED) is 0.824. The third-order valence-electron chi connectivity index (χ3n) is 1.85. The van der Waals surface area contributed by atoms with E-state index < -0.39 is 0 Å². The minimum Gasteiger partial charge on any atom is -0.316 e. The van der Waals surface area contributed by atoms with Gasteiger partial charge in [0.15, 0.2) is 0 Å². The van der Waals surface area contributed by atoms with E-state index in [0.29, 0.717) is 5.25 Å². The molecule has 0 aromatic heterocycles. The second kappa shape index (κ2) is 6.49. The van der Waals surface area contributed by atoms with Crippen LogP contribution in [0.5, 0.6) is 0 Å². The van der Waals surface area contributed by atoms with Crippen LogP contribution in [0.1, 0.15) is 13.8 Å². The van der Waals surface area contributed by atoms with E-state index in [0.717, 1.165) is 13.1 Å². The van der Waals surface area contributed by atoms with Gasteiger partial charge in [0.05, 0.1) is 0 Å². The molecule has 1 unspecified atom stereocenters. The fraction of sp³-hybridized carbons (Fsp3) is 0.455. The second-order valence-corrected chi connectivity index (χ2v) is 5.50. The summed E-state index contributed by atoms with van der Waals surface area (Å²) in [5.41, 5.74) is 0. The molecule has 1 atom stereocenters. The molecule has 0 heterocycles. The summed E-state index contributed by atoms with van der Waals surface area (Å²) in [5.74, 6) is 0. The Hall–Kier alpha value is 0.01000. The lowest BCUT2D eigenvalue weighted by molar-refractivity contribution is 0.713. The lowest BCUT2D eigenvalue weighted by Gasteiger charge is -2.12. The van der Waals surface area contributed by atoms with Crippen LogP contribution in [0.2, 0.25) is 0 Å². The highest BCUT2D eigenvalue weighted by atomic mass is 79.9. The van der Waals surface area contributed by atoms with Crippen molar-refractivity contribution in [3.05, 3.63) is 28.7 Å². The van der Waals surface area contributed by atoms with Crippen LogP contribution in [-0.2, 0) is 0 Å². The Balaban J connectivity index is 2.47. The number of halogens is 1. The maximum Gasteiger partial charge on any atom is 0.0311 e. The van der Waals surface area contributed by atoms with Crippen LogP contribution >= 0.6 is 27.7 Å². The van der Waals surface area contributed by atoms with Crippen molar-refractivity contribution < 1.29 is 0 Å². The van der Waals surface area contributed by atoms with Gasteiger partial charge in [-0.25, -0.2) is 0 Å². The van der Waals surface area contributed by atoms with Gasteiger partial charge in [0.25, 0.3) is 0 Å². The van der Waals surface area contributed by atoms with Crippen molar-refractivity contribution in [3.63, 3.8) is 0 Å². The van der Waals surface area contributed by atoms with Crippen molar-refractivity contribution in [2.24, 2.45) is 0 Å². The zero-order chi connectivity index (χ0) is 10.4. The number of hydrogen-bond donors (Lipinski definition) is 1. The molecule has 0 amide bonds. The van der Waals surface area contributed by atoms with Crippen molar-refractivity contribution in [2.75, 3.05) is 13.1 Å². The number of hydrogen-bond acceptors (Lipinski definition) is 2. The first-order valence-electron chi connectivity index (χ1n) is 4.86. The molecule has 3 heteroatoms. The zero-order valence-corrected chi connectivity index (χ0v) is 11.0. The highest BCUT2D eigenvalue weighted by molar-refractivity contribution is 9.10. The van der Waals surface area contributed by atoms with Gasteiger partial charge in [-0.1, -0.05) is 26.0 Å². The molecule has 1 N–H and O–H groups in total. The summed E-state index contributed by atoms with van der Waals surface area (Å²) >= 11 is 5.45. The SMILES string of the molecule is CCNCC(C)Sc1ccccc1Br. The van der Waals surface area contributed by atoms with Crippen molar-refractivity contribution in [1.29, 1.82) is 0 Å². The van der Waals surface area contributed by atoms with E-state index in [1.54, 1.807) is 0 Å². The zero-order valence-electron chi connectivity index (χ0n) is 8.59. The molecule has 0 fully saturated rings. The highest BCUT2D eigenvalue weighted by Gasteiger charge is 2.05. The molecule has 0 radical (unpaired) electrons. The predicted molar refractivity (Wildman–Crippen MR) is 68.0 cm³/mol. The lowest BCUT2D eigenvalue weighted by Crippen LogP contribution is -2.22. The average molecular weight is 274 g/mol. The molecular formula is C11H16BrNS. The van der Waals surface area contributed by atoms with Gasteiger partial charge in [-0.05, 0) is 34.6 Å². The molecular weight excluding hydrogens is 258 g/mol. The molecule has 0 saturated heterocycles. The lowest BCUT2D eigenvalue weighted by atomic mass is 10.4. The van der Waals surface area contributed by atoms with Crippen LogP contribution in [0.25, 0.3) is 0 Å². The first-order chi connectivity index (χ1) is 6.74. The van der Waals surface area contributed by atoms with Crippen LogP contribution in [0.15, 0.2) is 33.6 Å². The first-order valence-corrected chi connectivity index (χ1v) is 6.53. The molecule has 0 saturated carbocycles. The van der Waals surface area contributed by atoms with E-state index in [-0.39, 0.29) is 0 Å². The van der Waals surface area contributed by atoms with Gasteiger partial charge in [0, 0.05) is 21.2 Å². The Morgan fingerprint density at radius 3 is 2.79 bits per heavy atom. The minimum absolute atomic E-state index is 0.605. The largest absolute Gasteiger partial charge is 0.316 e. The fourth-order valence-electron chi connectivity index (χ4n) is 1.15. The normalized spacial score (nSPS) is 12.8. The van der Waals surface area contributed by atoms with Crippen LogP contribution in [-0.4, -0.2) is 18.3 Å². The van der Waals surface area contributed by atoms with E-state index in [2.05, 4.69) is 53.3 Å². The highest BCUT2D eigenvalue weighted by Crippen LogP contribution is 2.29. The molecule has 0 spiro atoms. The number of thioether (sulfide) groups is 1. The van der Waals surface area contributed by atoms with Gasteiger partial charge >= 0.3 is 0 Å². The minimum atomic E-state index is 0.605.